The summed E-state index contributed by atoms with van der Waals surface area (Å²) in [5, 5.41) is 8.32. The van der Waals surface area contributed by atoms with E-state index in [1.54, 1.807) is 11.8 Å². The monoisotopic (exact) mass is 198 g/mol. The molecule has 0 aromatic rings. The Morgan fingerprint density at radius 3 is 2.15 bits per heavy atom. The topological polar surface area (TPSA) is 41.8 Å². The van der Waals surface area contributed by atoms with Gasteiger partial charge in [0.05, 0.1) is 10.8 Å². The fourth-order valence-corrected chi connectivity index (χ4v) is 4.02. The highest BCUT2D eigenvalue weighted by Gasteiger charge is 2.74. The predicted molar refractivity (Wildman–Crippen MR) is 52.6 cm³/mol. The zero-order chi connectivity index (χ0) is 9.91. The molecule has 72 valence electrons. The fraction of sp³-hybridized carbons (Fsp3) is 0.889. The highest BCUT2D eigenvalue weighted by Crippen LogP contribution is 2.67. The molecule has 1 saturated carbocycles. The van der Waals surface area contributed by atoms with Crippen molar-refractivity contribution < 1.29 is 4.79 Å². The summed E-state index contributed by atoms with van der Waals surface area (Å²) in [7, 11) is 0. The lowest BCUT2D eigenvalue weighted by molar-refractivity contribution is -0.159. The minimum atomic E-state index is -0.346. The van der Waals surface area contributed by atoms with Crippen LogP contribution in [-0.2, 0) is 4.79 Å². The number of Topliss-reactive ketones (excluding diaryl/α,β-unsaturated/α-hetero) is 1. The van der Waals surface area contributed by atoms with E-state index in [2.05, 4.69) is 10.2 Å². The normalized spacial score (nSPS) is 32.2. The average molecular weight is 198 g/mol. The van der Waals surface area contributed by atoms with Crippen molar-refractivity contribution in [2.45, 2.75) is 32.6 Å². The Kier molecular flexibility index (Phi) is 1.53. The smallest absolute Gasteiger partial charge is 0.152 e. The molecule has 1 aliphatic heterocycles. The van der Waals surface area contributed by atoms with Gasteiger partial charge in [0, 0.05) is 0 Å². The van der Waals surface area contributed by atoms with Crippen LogP contribution in [0, 0.1) is 10.8 Å². The molecule has 1 aliphatic carbocycles. The van der Waals surface area contributed by atoms with Crippen LogP contribution in [-0.4, -0.2) is 16.5 Å². The molecule has 2 rings (SSSR count). The highest BCUT2D eigenvalue weighted by atomic mass is 32.2. The largest absolute Gasteiger partial charge is 0.298 e. The molecule has 4 heteroatoms. The third-order valence-corrected chi connectivity index (χ3v) is 5.14. The second-order valence-corrected chi connectivity index (χ2v) is 5.88. The van der Waals surface area contributed by atoms with E-state index in [9.17, 15) is 4.79 Å². The summed E-state index contributed by atoms with van der Waals surface area (Å²) in [5.41, 5.74) is -0.692. The molecule has 0 unspecified atom stereocenters. The van der Waals surface area contributed by atoms with Crippen molar-refractivity contribution in [1.29, 1.82) is 0 Å². The summed E-state index contributed by atoms with van der Waals surface area (Å²) >= 11 is 1.69. The number of hydrogen-bond acceptors (Lipinski definition) is 4. The van der Waals surface area contributed by atoms with Crippen LogP contribution in [0.1, 0.15) is 27.7 Å². The van der Waals surface area contributed by atoms with Crippen molar-refractivity contribution in [1.82, 2.24) is 0 Å². The zero-order valence-corrected chi connectivity index (χ0v) is 9.23. The molecule has 1 fully saturated rings. The van der Waals surface area contributed by atoms with Gasteiger partial charge in [0.1, 0.15) is 5.88 Å². The third-order valence-electron chi connectivity index (χ3n) is 3.37. The Hall–Kier alpha value is -0.380. The molecule has 0 aromatic carbocycles. The van der Waals surface area contributed by atoms with Crippen molar-refractivity contribution >= 4 is 17.5 Å². The summed E-state index contributed by atoms with van der Waals surface area (Å²) in [6.45, 7) is 7.88. The Labute approximate surface area is 82.4 Å². The van der Waals surface area contributed by atoms with E-state index >= 15 is 0 Å². The van der Waals surface area contributed by atoms with Crippen LogP contribution >= 0.6 is 11.8 Å². The summed E-state index contributed by atoms with van der Waals surface area (Å²) in [5.74, 6) is 0.994. The van der Waals surface area contributed by atoms with Gasteiger partial charge in [0.25, 0.3) is 0 Å². The first-order valence-electron chi connectivity index (χ1n) is 4.44. The summed E-state index contributed by atoms with van der Waals surface area (Å²) in [6.07, 6.45) is 0. The number of azo groups is 1. The van der Waals surface area contributed by atoms with Gasteiger partial charge in [-0.15, -0.1) is 11.8 Å². The Morgan fingerprint density at radius 1 is 1.23 bits per heavy atom. The first kappa shape index (κ1) is 9.19. The van der Waals surface area contributed by atoms with Crippen molar-refractivity contribution in [2.75, 3.05) is 5.88 Å². The van der Waals surface area contributed by atoms with Gasteiger partial charge in [0.2, 0.25) is 0 Å². The van der Waals surface area contributed by atoms with Gasteiger partial charge in [-0.1, -0.05) is 0 Å². The van der Waals surface area contributed by atoms with E-state index in [-0.39, 0.29) is 15.7 Å². The van der Waals surface area contributed by atoms with E-state index in [0.717, 1.165) is 0 Å². The second-order valence-electron chi connectivity index (χ2n) is 4.74. The van der Waals surface area contributed by atoms with Crippen molar-refractivity contribution in [3.05, 3.63) is 0 Å². The van der Waals surface area contributed by atoms with Crippen LogP contribution in [0.2, 0.25) is 0 Å². The van der Waals surface area contributed by atoms with Crippen LogP contribution in [0.3, 0.4) is 0 Å². The minimum absolute atomic E-state index is 0.295. The maximum Gasteiger partial charge on any atom is 0.152 e. The van der Waals surface area contributed by atoms with Gasteiger partial charge in [-0.2, -0.15) is 10.2 Å². The predicted octanol–water partition coefficient (Wildman–Crippen LogP) is 2.47. The zero-order valence-electron chi connectivity index (χ0n) is 8.42. The third kappa shape index (κ3) is 0.721. The molecule has 3 nitrogen and oxygen atoms in total. The quantitative estimate of drug-likeness (QED) is 0.600. The van der Waals surface area contributed by atoms with Crippen LogP contribution < -0.4 is 0 Å². The molecule has 0 N–H and O–H groups in total. The summed E-state index contributed by atoms with van der Waals surface area (Å²) in [6, 6.07) is 0. The van der Waals surface area contributed by atoms with Gasteiger partial charge < -0.3 is 0 Å². The lowest BCUT2D eigenvalue weighted by atomic mass is 9.50. The minimum Gasteiger partial charge on any atom is -0.298 e. The van der Waals surface area contributed by atoms with Crippen molar-refractivity contribution in [3.8, 4) is 0 Å². The van der Waals surface area contributed by atoms with E-state index in [1.807, 2.05) is 27.7 Å². The van der Waals surface area contributed by atoms with Crippen molar-refractivity contribution in [2.24, 2.45) is 21.1 Å². The molecule has 0 aromatic heterocycles. The number of carbonyl (C=O) groups is 1. The van der Waals surface area contributed by atoms with Crippen LogP contribution in [0.5, 0.6) is 0 Å². The Bertz CT molecular complexity index is 289. The molecule has 2 aliphatic rings. The SMILES string of the molecule is CC1(C)C(=O)C(C)(C)C12N=NCS2. The summed E-state index contributed by atoms with van der Waals surface area (Å²) in [4.78, 5) is 11.6. The molecule has 0 saturated heterocycles. The summed E-state index contributed by atoms with van der Waals surface area (Å²) < 4.78 is 0. The molecule has 0 atom stereocenters. The van der Waals surface area contributed by atoms with E-state index in [0.29, 0.717) is 11.7 Å². The number of ketones is 1. The van der Waals surface area contributed by atoms with Gasteiger partial charge in [-0.25, -0.2) is 0 Å². The highest BCUT2D eigenvalue weighted by molar-refractivity contribution is 8.01. The Balaban J connectivity index is 2.48. The van der Waals surface area contributed by atoms with Gasteiger partial charge >= 0.3 is 0 Å². The number of thioether (sulfide) groups is 1. The molecule has 0 amide bonds. The Morgan fingerprint density at radius 2 is 1.77 bits per heavy atom. The van der Waals surface area contributed by atoms with Gasteiger partial charge in [0.15, 0.2) is 10.7 Å². The number of hydrogen-bond donors (Lipinski definition) is 0. The number of rotatable bonds is 0. The maximum atomic E-state index is 11.9. The first-order valence-corrected chi connectivity index (χ1v) is 5.42. The standard InChI is InChI=1S/C9H14N2OS/c1-7(2)6(12)8(3,4)9(7)11-10-5-13-9/h5H2,1-4H3. The van der Waals surface area contributed by atoms with Crippen LogP contribution in [0.15, 0.2) is 10.2 Å². The van der Waals surface area contributed by atoms with Crippen LogP contribution in [0.25, 0.3) is 0 Å². The molecule has 0 bridgehead atoms. The van der Waals surface area contributed by atoms with Crippen molar-refractivity contribution in [3.63, 3.8) is 0 Å². The van der Waals surface area contributed by atoms with E-state index < -0.39 is 0 Å². The molecule has 0 radical (unpaired) electrons. The average Bonchev–Trinajstić information content (AvgIpc) is 2.52. The van der Waals surface area contributed by atoms with Crippen LogP contribution in [0.4, 0.5) is 0 Å². The van der Waals surface area contributed by atoms with E-state index in [1.165, 1.54) is 0 Å². The molecule has 1 spiro atoms. The molecule has 13 heavy (non-hydrogen) atoms. The molecular formula is C9H14N2OS. The first-order chi connectivity index (χ1) is 5.86. The lowest BCUT2D eigenvalue weighted by Gasteiger charge is -2.59. The maximum absolute atomic E-state index is 11.9. The fourth-order valence-electron chi connectivity index (χ4n) is 2.70. The number of carbonyl (C=O) groups excluding carboxylic acids is 1. The molecular weight excluding hydrogens is 184 g/mol. The second kappa shape index (κ2) is 2.16. The van der Waals surface area contributed by atoms with Gasteiger partial charge in [-0.3, -0.25) is 4.79 Å². The van der Waals surface area contributed by atoms with Gasteiger partial charge in [-0.05, 0) is 27.7 Å². The molecule has 1 heterocycles. The van der Waals surface area contributed by atoms with E-state index in [4.69, 9.17) is 0 Å². The number of nitrogens with zero attached hydrogens (tertiary/aromatic N) is 2. The lowest BCUT2D eigenvalue weighted by Crippen LogP contribution is -2.70.